The number of benzene rings is 1. The van der Waals surface area contributed by atoms with Crippen LogP contribution < -0.4 is 19.7 Å². The normalized spacial score (nSPS) is 18.1. The molecule has 118 valence electrons. The molecule has 2 rings (SSSR count). The third-order valence-electron chi connectivity index (χ3n) is 3.94. The second-order valence-electron chi connectivity index (χ2n) is 5.46. The second-order valence-corrected chi connectivity index (χ2v) is 5.87. The van der Waals surface area contributed by atoms with Crippen LogP contribution in [0.15, 0.2) is 12.1 Å². The standard InChI is InChI=1S/C16H25ClN2O2/c1-4-6-18-10-12-5-7-19(11-12)14-9-15(20-2)13(17)8-16(14)21-3/h8-9,12,18H,4-7,10-11H2,1-3H3. The minimum atomic E-state index is 0.582. The fourth-order valence-corrected chi connectivity index (χ4v) is 3.02. The average Bonchev–Trinajstić information content (AvgIpc) is 2.95. The Balaban J connectivity index is 2.08. The molecule has 0 aliphatic carbocycles. The van der Waals surface area contributed by atoms with E-state index in [2.05, 4.69) is 17.1 Å². The lowest BCUT2D eigenvalue weighted by molar-refractivity contribution is 0.403. The van der Waals surface area contributed by atoms with Crippen LogP contribution >= 0.6 is 11.6 Å². The molecule has 1 aromatic carbocycles. The smallest absolute Gasteiger partial charge is 0.143 e. The summed E-state index contributed by atoms with van der Waals surface area (Å²) in [6, 6.07) is 3.81. The van der Waals surface area contributed by atoms with Gasteiger partial charge in [0.05, 0.1) is 24.9 Å². The van der Waals surface area contributed by atoms with Gasteiger partial charge in [-0.3, -0.25) is 0 Å². The molecule has 1 aliphatic heterocycles. The molecular weight excluding hydrogens is 288 g/mol. The van der Waals surface area contributed by atoms with Crippen LogP contribution in [0.3, 0.4) is 0 Å². The van der Waals surface area contributed by atoms with Gasteiger partial charge in [-0.15, -0.1) is 0 Å². The highest BCUT2D eigenvalue weighted by Crippen LogP contribution is 2.39. The van der Waals surface area contributed by atoms with Crippen molar-refractivity contribution < 1.29 is 9.47 Å². The Morgan fingerprint density at radius 3 is 2.71 bits per heavy atom. The van der Waals surface area contributed by atoms with Crippen LogP contribution in [0.2, 0.25) is 5.02 Å². The van der Waals surface area contributed by atoms with E-state index in [9.17, 15) is 0 Å². The maximum Gasteiger partial charge on any atom is 0.143 e. The van der Waals surface area contributed by atoms with Gasteiger partial charge in [0, 0.05) is 25.2 Å². The third kappa shape index (κ3) is 3.95. The van der Waals surface area contributed by atoms with Crippen molar-refractivity contribution in [3.8, 4) is 11.5 Å². The molecule has 0 bridgehead atoms. The molecule has 1 aliphatic rings. The summed E-state index contributed by atoms with van der Waals surface area (Å²) in [6.07, 6.45) is 2.38. The molecule has 1 atom stereocenters. The minimum Gasteiger partial charge on any atom is -0.495 e. The largest absolute Gasteiger partial charge is 0.495 e. The zero-order chi connectivity index (χ0) is 15.2. The topological polar surface area (TPSA) is 33.7 Å². The van der Waals surface area contributed by atoms with E-state index in [4.69, 9.17) is 21.1 Å². The highest BCUT2D eigenvalue weighted by Gasteiger charge is 2.25. The van der Waals surface area contributed by atoms with Crippen molar-refractivity contribution in [2.24, 2.45) is 5.92 Å². The van der Waals surface area contributed by atoms with E-state index in [1.165, 1.54) is 12.8 Å². The van der Waals surface area contributed by atoms with Gasteiger partial charge < -0.3 is 19.7 Å². The molecule has 0 radical (unpaired) electrons. The van der Waals surface area contributed by atoms with Gasteiger partial charge in [0.1, 0.15) is 11.5 Å². The van der Waals surface area contributed by atoms with Crippen molar-refractivity contribution in [1.29, 1.82) is 0 Å². The van der Waals surface area contributed by atoms with Gasteiger partial charge in [0.25, 0.3) is 0 Å². The van der Waals surface area contributed by atoms with Gasteiger partial charge in [-0.25, -0.2) is 0 Å². The number of anilines is 1. The fraction of sp³-hybridized carbons (Fsp3) is 0.625. The van der Waals surface area contributed by atoms with Gasteiger partial charge in [-0.05, 0) is 31.8 Å². The number of halogens is 1. The Bertz CT molecular complexity index is 468. The summed E-state index contributed by atoms with van der Waals surface area (Å²) in [4.78, 5) is 2.36. The number of nitrogens with zero attached hydrogens (tertiary/aromatic N) is 1. The number of methoxy groups -OCH3 is 2. The lowest BCUT2D eigenvalue weighted by Crippen LogP contribution is -2.27. The van der Waals surface area contributed by atoms with E-state index < -0.39 is 0 Å². The van der Waals surface area contributed by atoms with Gasteiger partial charge in [-0.1, -0.05) is 18.5 Å². The average molecular weight is 313 g/mol. The molecule has 1 heterocycles. The molecule has 21 heavy (non-hydrogen) atoms. The van der Waals surface area contributed by atoms with E-state index >= 15 is 0 Å². The zero-order valence-corrected chi connectivity index (χ0v) is 13.9. The molecular formula is C16H25ClN2O2. The predicted octanol–water partition coefficient (Wildman–Crippen LogP) is 3.18. The molecule has 1 saturated heterocycles. The molecule has 1 unspecified atom stereocenters. The molecule has 1 fully saturated rings. The van der Waals surface area contributed by atoms with Crippen molar-refractivity contribution in [2.45, 2.75) is 19.8 Å². The predicted molar refractivity (Wildman–Crippen MR) is 88.0 cm³/mol. The first-order chi connectivity index (χ1) is 10.2. The van der Waals surface area contributed by atoms with E-state index in [-0.39, 0.29) is 0 Å². The van der Waals surface area contributed by atoms with Crippen LogP contribution in [0.4, 0.5) is 5.69 Å². The van der Waals surface area contributed by atoms with E-state index in [1.54, 1.807) is 14.2 Å². The monoisotopic (exact) mass is 312 g/mol. The molecule has 0 spiro atoms. The quantitative estimate of drug-likeness (QED) is 0.784. The van der Waals surface area contributed by atoms with Gasteiger partial charge in [0.15, 0.2) is 0 Å². The van der Waals surface area contributed by atoms with Crippen molar-refractivity contribution in [1.82, 2.24) is 5.32 Å². The highest BCUT2D eigenvalue weighted by molar-refractivity contribution is 6.32. The Morgan fingerprint density at radius 1 is 1.29 bits per heavy atom. The summed E-state index contributed by atoms with van der Waals surface area (Å²) in [5.74, 6) is 2.19. The van der Waals surface area contributed by atoms with Crippen molar-refractivity contribution >= 4 is 17.3 Å². The number of ether oxygens (including phenoxy) is 2. The van der Waals surface area contributed by atoms with Crippen molar-refractivity contribution in [3.05, 3.63) is 17.2 Å². The highest BCUT2D eigenvalue weighted by atomic mass is 35.5. The van der Waals surface area contributed by atoms with Crippen LogP contribution in [0.1, 0.15) is 19.8 Å². The van der Waals surface area contributed by atoms with E-state index in [0.717, 1.165) is 37.6 Å². The molecule has 5 heteroatoms. The summed E-state index contributed by atoms with van der Waals surface area (Å²) in [5, 5.41) is 4.09. The first-order valence-electron chi connectivity index (χ1n) is 7.56. The second kappa shape index (κ2) is 7.76. The van der Waals surface area contributed by atoms with Gasteiger partial charge >= 0.3 is 0 Å². The maximum absolute atomic E-state index is 6.17. The van der Waals surface area contributed by atoms with Gasteiger partial charge in [-0.2, -0.15) is 0 Å². The maximum atomic E-state index is 6.17. The summed E-state index contributed by atoms with van der Waals surface area (Å²) in [6.45, 7) is 6.45. The number of hydrogen-bond acceptors (Lipinski definition) is 4. The van der Waals surface area contributed by atoms with E-state index in [1.807, 2.05) is 12.1 Å². The molecule has 0 amide bonds. The molecule has 1 aromatic rings. The van der Waals surface area contributed by atoms with E-state index in [0.29, 0.717) is 16.7 Å². The summed E-state index contributed by atoms with van der Waals surface area (Å²) in [5.41, 5.74) is 1.07. The molecule has 1 N–H and O–H groups in total. The number of nitrogens with one attached hydrogen (secondary N) is 1. The van der Waals surface area contributed by atoms with Crippen LogP contribution in [0.5, 0.6) is 11.5 Å². The Labute approximate surface area is 132 Å². The number of rotatable bonds is 7. The van der Waals surface area contributed by atoms with Crippen molar-refractivity contribution in [3.63, 3.8) is 0 Å². The van der Waals surface area contributed by atoms with Crippen LogP contribution in [0, 0.1) is 5.92 Å². The summed E-state index contributed by atoms with van der Waals surface area (Å²) in [7, 11) is 3.32. The molecule has 4 nitrogen and oxygen atoms in total. The Hall–Kier alpha value is -1.13. The first-order valence-corrected chi connectivity index (χ1v) is 7.94. The van der Waals surface area contributed by atoms with Crippen molar-refractivity contribution in [2.75, 3.05) is 45.3 Å². The number of hydrogen-bond donors (Lipinski definition) is 1. The molecule has 0 saturated carbocycles. The minimum absolute atomic E-state index is 0.582. The summed E-state index contributed by atoms with van der Waals surface area (Å²) >= 11 is 6.17. The SMILES string of the molecule is CCCNCC1CCN(c2cc(OC)c(Cl)cc2OC)C1. The fourth-order valence-electron chi connectivity index (χ4n) is 2.79. The lowest BCUT2D eigenvalue weighted by atomic mass is 10.1. The summed E-state index contributed by atoms with van der Waals surface area (Å²) < 4.78 is 10.8. The Morgan fingerprint density at radius 2 is 2.05 bits per heavy atom. The van der Waals surface area contributed by atoms with Crippen LogP contribution in [0.25, 0.3) is 0 Å². The third-order valence-corrected chi connectivity index (χ3v) is 4.23. The first kappa shape index (κ1) is 16.2. The van der Waals surface area contributed by atoms with Crippen LogP contribution in [-0.2, 0) is 0 Å². The molecule has 0 aromatic heterocycles. The zero-order valence-electron chi connectivity index (χ0n) is 13.1. The Kier molecular flexibility index (Phi) is 6.00. The van der Waals surface area contributed by atoms with Gasteiger partial charge in [0.2, 0.25) is 0 Å². The lowest BCUT2D eigenvalue weighted by Gasteiger charge is -2.22. The van der Waals surface area contributed by atoms with Crippen LogP contribution in [-0.4, -0.2) is 40.4 Å².